The van der Waals surface area contributed by atoms with Crippen molar-refractivity contribution in [3.05, 3.63) is 85.1 Å². The van der Waals surface area contributed by atoms with Crippen LogP contribution in [0.2, 0.25) is 0 Å². The Kier molecular flexibility index (Phi) is 46.5. The number of ether oxygens (including phenoxy) is 3. The zero-order valence-corrected chi connectivity index (χ0v) is 39.7. The van der Waals surface area contributed by atoms with E-state index in [1.165, 1.54) is 116 Å². The summed E-state index contributed by atoms with van der Waals surface area (Å²) in [6, 6.07) is 0. The maximum atomic E-state index is 12.8. The number of unbranched alkanes of at least 4 members (excludes halogenated alkanes) is 25. The first-order chi connectivity index (χ1) is 30.0. The first kappa shape index (κ1) is 57.6. The summed E-state index contributed by atoms with van der Waals surface area (Å²) in [5, 5.41) is 0. The van der Waals surface area contributed by atoms with Gasteiger partial charge in [-0.05, 0) is 38.5 Å². The molecule has 61 heavy (non-hydrogen) atoms. The largest absolute Gasteiger partial charge is 0.462 e. The van der Waals surface area contributed by atoms with Gasteiger partial charge in [-0.15, -0.1) is 0 Å². The van der Waals surface area contributed by atoms with Gasteiger partial charge in [-0.1, -0.05) is 254 Å². The molecule has 0 saturated carbocycles. The molecule has 1 atom stereocenters. The van der Waals surface area contributed by atoms with Crippen LogP contribution >= 0.6 is 0 Å². The van der Waals surface area contributed by atoms with Crippen molar-refractivity contribution >= 4 is 17.9 Å². The second-order valence-electron chi connectivity index (χ2n) is 16.5. The van der Waals surface area contributed by atoms with Crippen LogP contribution in [0.15, 0.2) is 85.1 Å². The Morgan fingerprint density at radius 1 is 0.344 bits per heavy atom. The number of carbonyl (C=O) groups is 3. The Labute approximate surface area is 375 Å². The molecule has 0 radical (unpaired) electrons. The highest BCUT2D eigenvalue weighted by Gasteiger charge is 2.19. The second kappa shape index (κ2) is 49.2. The lowest BCUT2D eigenvalue weighted by Gasteiger charge is -2.18. The number of hydrogen-bond acceptors (Lipinski definition) is 6. The van der Waals surface area contributed by atoms with E-state index in [0.717, 1.165) is 70.6 Å². The highest BCUT2D eigenvalue weighted by atomic mass is 16.6. The van der Waals surface area contributed by atoms with E-state index in [0.29, 0.717) is 19.3 Å². The minimum absolute atomic E-state index is 0.0891. The molecule has 0 aromatic carbocycles. The van der Waals surface area contributed by atoms with E-state index in [1.807, 2.05) is 72.9 Å². The molecule has 0 heterocycles. The number of allylic oxidation sites excluding steroid dienone is 14. The third-order valence-electron chi connectivity index (χ3n) is 10.6. The van der Waals surface area contributed by atoms with Crippen molar-refractivity contribution in [3.8, 4) is 0 Å². The molecule has 0 aliphatic carbocycles. The molecule has 348 valence electrons. The number of esters is 3. The Bertz CT molecular complexity index is 1200. The molecular weight excluding hydrogens is 757 g/mol. The molecule has 0 aliphatic heterocycles. The van der Waals surface area contributed by atoms with E-state index in [9.17, 15) is 14.4 Å². The fourth-order valence-electron chi connectivity index (χ4n) is 6.84. The van der Waals surface area contributed by atoms with E-state index >= 15 is 0 Å². The van der Waals surface area contributed by atoms with Gasteiger partial charge < -0.3 is 14.2 Å². The molecular formula is C55H92O6. The summed E-state index contributed by atoms with van der Waals surface area (Å²) in [6.45, 7) is 6.44. The van der Waals surface area contributed by atoms with Gasteiger partial charge in [0, 0.05) is 19.3 Å². The van der Waals surface area contributed by atoms with Crippen LogP contribution in [0.1, 0.15) is 226 Å². The van der Waals surface area contributed by atoms with Crippen molar-refractivity contribution in [2.24, 2.45) is 0 Å². The molecule has 0 aromatic rings. The minimum Gasteiger partial charge on any atom is -0.462 e. The normalized spacial score (nSPS) is 12.8. The van der Waals surface area contributed by atoms with Crippen molar-refractivity contribution in [2.75, 3.05) is 13.2 Å². The monoisotopic (exact) mass is 849 g/mol. The van der Waals surface area contributed by atoms with Crippen LogP contribution < -0.4 is 0 Å². The van der Waals surface area contributed by atoms with Crippen LogP contribution in [0, 0.1) is 0 Å². The molecule has 0 spiro atoms. The third kappa shape index (κ3) is 47.5. The fourth-order valence-corrected chi connectivity index (χ4v) is 6.84. The van der Waals surface area contributed by atoms with Gasteiger partial charge in [0.25, 0.3) is 0 Å². The van der Waals surface area contributed by atoms with E-state index in [1.54, 1.807) is 0 Å². The Morgan fingerprint density at radius 2 is 0.639 bits per heavy atom. The molecule has 6 heteroatoms. The van der Waals surface area contributed by atoms with E-state index < -0.39 is 6.10 Å². The van der Waals surface area contributed by atoms with Gasteiger partial charge in [-0.3, -0.25) is 14.4 Å². The standard InChI is InChI=1S/C55H92O6/c1-4-7-10-13-16-19-22-24-26-27-28-29-30-32-33-36-39-42-45-48-54(57)60-51-52(50-59-53(56)47-44-41-38-35-21-18-15-12-9-6-3)61-55(58)49-46-43-40-37-34-31-25-23-20-17-14-11-8-5-2/h7,10,13,16,19,22,24,26-30,32-33,52H,4-6,8-9,11-12,14-15,17-18,20-21,23,25,31,34-51H2,1-3H3/b10-7-,16-13-,22-19-,26-24-,28-27+,30-29-,33-32-. The van der Waals surface area contributed by atoms with Gasteiger partial charge in [0.15, 0.2) is 6.10 Å². The minimum atomic E-state index is -0.791. The van der Waals surface area contributed by atoms with Crippen LogP contribution in [-0.2, 0) is 28.6 Å². The molecule has 0 aromatic heterocycles. The molecule has 0 rings (SSSR count). The predicted molar refractivity (Wildman–Crippen MR) is 261 cm³/mol. The first-order valence-corrected chi connectivity index (χ1v) is 25.2. The lowest BCUT2D eigenvalue weighted by molar-refractivity contribution is -0.167. The maximum Gasteiger partial charge on any atom is 0.306 e. The summed E-state index contributed by atoms with van der Waals surface area (Å²) in [5.41, 5.74) is 0. The zero-order valence-electron chi connectivity index (χ0n) is 39.7. The number of carbonyl (C=O) groups excluding carboxylic acids is 3. The fraction of sp³-hybridized carbons (Fsp3) is 0.691. The molecule has 0 aliphatic rings. The average molecular weight is 849 g/mol. The van der Waals surface area contributed by atoms with E-state index in [-0.39, 0.29) is 31.1 Å². The van der Waals surface area contributed by atoms with Crippen LogP contribution in [-0.4, -0.2) is 37.2 Å². The summed E-state index contributed by atoms with van der Waals surface area (Å²) in [7, 11) is 0. The second-order valence-corrected chi connectivity index (χ2v) is 16.5. The van der Waals surface area contributed by atoms with Crippen molar-refractivity contribution in [3.63, 3.8) is 0 Å². The molecule has 1 unspecified atom stereocenters. The smallest absolute Gasteiger partial charge is 0.306 e. The van der Waals surface area contributed by atoms with Gasteiger partial charge in [0.05, 0.1) is 0 Å². The van der Waals surface area contributed by atoms with E-state index in [4.69, 9.17) is 14.2 Å². The lowest BCUT2D eigenvalue weighted by atomic mass is 10.0. The molecule has 6 nitrogen and oxygen atoms in total. The summed E-state index contributed by atoms with van der Waals surface area (Å²) < 4.78 is 16.7. The van der Waals surface area contributed by atoms with Crippen LogP contribution in [0.25, 0.3) is 0 Å². The summed E-state index contributed by atoms with van der Waals surface area (Å²) in [4.78, 5) is 37.9. The first-order valence-electron chi connectivity index (χ1n) is 25.2. The van der Waals surface area contributed by atoms with Gasteiger partial charge in [-0.25, -0.2) is 0 Å². The van der Waals surface area contributed by atoms with Crippen molar-refractivity contribution in [1.82, 2.24) is 0 Å². The van der Waals surface area contributed by atoms with E-state index in [2.05, 4.69) is 32.9 Å². The van der Waals surface area contributed by atoms with Crippen molar-refractivity contribution < 1.29 is 28.6 Å². The van der Waals surface area contributed by atoms with Gasteiger partial charge in [-0.2, -0.15) is 0 Å². The third-order valence-corrected chi connectivity index (χ3v) is 10.6. The van der Waals surface area contributed by atoms with Gasteiger partial charge in [0.2, 0.25) is 0 Å². The van der Waals surface area contributed by atoms with Gasteiger partial charge >= 0.3 is 17.9 Å². The quantitative estimate of drug-likeness (QED) is 0.0263. The average Bonchev–Trinajstić information content (AvgIpc) is 3.26. The Balaban J connectivity index is 4.46. The predicted octanol–water partition coefficient (Wildman–Crippen LogP) is 16.4. The highest BCUT2D eigenvalue weighted by molar-refractivity contribution is 5.71. The summed E-state index contributed by atoms with van der Waals surface area (Å²) in [5.74, 6) is -0.936. The maximum absolute atomic E-state index is 12.8. The van der Waals surface area contributed by atoms with Crippen molar-refractivity contribution in [1.29, 1.82) is 0 Å². The lowest BCUT2D eigenvalue weighted by Crippen LogP contribution is -2.30. The molecule has 0 fully saturated rings. The van der Waals surface area contributed by atoms with Gasteiger partial charge in [0.1, 0.15) is 13.2 Å². The zero-order chi connectivity index (χ0) is 44.4. The molecule has 0 saturated heterocycles. The SMILES string of the molecule is CC\C=C/C=C\C=C/C=C\C=C\C=C/C=C\CCCCCC(=O)OCC(COC(=O)CCCCCCCCCCCC)OC(=O)CCCCCCCCCCCCCCCC. The summed E-state index contributed by atoms with van der Waals surface area (Å²) >= 11 is 0. The number of hydrogen-bond donors (Lipinski definition) is 0. The highest BCUT2D eigenvalue weighted by Crippen LogP contribution is 2.15. The molecule has 0 amide bonds. The van der Waals surface area contributed by atoms with Crippen LogP contribution in [0.3, 0.4) is 0 Å². The van der Waals surface area contributed by atoms with Crippen LogP contribution in [0.5, 0.6) is 0 Å². The molecule has 0 bridgehead atoms. The Morgan fingerprint density at radius 3 is 1.00 bits per heavy atom. The van der Waals surface area contributed by atoms with Crippen molar-refractivity contribution in [2.45, 2.75) is 232 Å². The van der Waals surface area contributed by atoms with Crippen LogP contribution in [0.4, 0.5) is 0 Å². The topological polar surface area (TPSA) is 78.9 Å². The number of rotatable bonds is 44. The molecule has 0 N–H and O–H groups in total. The Hall–Kier alpha value is -3.41. The summed E-state index contributed by atoms with van der Waals surface area (Å²) in [6.07, 6.45) is 62.7.